The minimum absolute atomic E-state index is 0.342. The first-order valence-corrected chi connectivity index (χ1v) is 16.4. The molecule has 0 saturated carbocycles. The summed E-state index contributed by atoms with van der Waals surface area (Å²) in [5, 5.41) is 0. The Morgan fingerprint density at radius 1 is 0.681 bits per heavy atom. The highest BCUT2D eigenvalue weighted by Crippen LogP contribution is 2.55. The largest absolute Gasteiger partial charge is 0.405 e. The Hall–Kier alpha value is -5.41. The number of hydrogen-bond acceptors (Lipinski definition) is 3. The molecule has 0 bridgehead atoms. The highest BCUT2D eigenvalue weighted by molar-refractivity contribution is 5.86. The van der Waals surface area contributed by atoms with E-state index in [0.717, 1.165) is 36.2 Å². The molecule has 1 aliphatic carbocycles. The average Bonchev–Trinajstić information content (AvgIpc) is 3.44. The smallest absolute Gasteiger partial charge is 0.0713 e. The fourth-order valence-corrected chi connectivity index (χ4v) is 6.38. The van der Waals surface area contributed by atoms with Crippen LogP contribution in [0.3, 0.4) is 0 Å². The van der Waals surface area contributed by atoms with E-state index < -0.39 is 0 Å². The van der Waals surface area contributed by atoms with Crippen LogP contribution in [0.2, 0.25) is 0 Å². The second-order valence-corrected chi connectivity index (χ2v) is 11.8. The molecule has 1 aliphatic rings. The highest BCUT2D eigenvalue weighted by atomic mass is 14.7. The molecule has 47 heavy (non-hydrogen) atoms. The van der Waals surface area contributed by atoms with Gasteiger partial charge in [-0.1, -0.05) is 140 Å². The molecule has 4 N–H and O–H groups in total. The Kier molecular flexibility index (Phi) is 11.0. The summed E-state index contributed by atoms with van der Waals surface area (Å²) in [4.78, 5) is 4.29. The molecular formula is C44H45N3. The normalized spacial score (nSPS) is 13.9. The fourth-order valence-electron chi connectivity index (χ4n) is 6.38. The lowest BCUT2D eigenvalue weighted by atomic mass is 9.67. The Balaban J connectivity index is 0.000000230. The molecule has 0 aliphatic heterocycles. The maximum Gasteiger partial charge on any atom is 0.0713 e. The number of pyridine rings is 1. The summed E-state index contributed by atoms with van der Waals surface area (Å²) in [6, 6.07) is 43.4. The minimum atomic E-state index is -0.342. The van der Waals surface area contributed by atoms with Crippen molar-refractivity contribution in [3.05, 3.63) is 197 Å². The molecule has 4 aromatic carbocycles. The number of allylic oxidation sites excluding steroid dienone is 6. The Bertz CT molecular complexity index is 1830. The molecular weight excluding hydrogens is 571 g/mol. The molecule has 0 amide bonds. The second-order valence-electron chi connectivity index (χ2n) is 11.8. The third kappa shape index (κ3) is 7.05. The molecule has 0 fully saturated rings. The minimum Gasteiger partial charge on any atom is -0.405 e. The zero-order valence-corrected chi connectivity index (χ0v) is 27.7. The highest BCUT2D eigenvalue weighted by Gasteiger charge is 2.45. The predicted molar refractivity (Wildman–Crippen MR) is 200 cm³/mol. The van der Waals surface area contributed by atoms with Gasteiger partial charge in [-0.3, -0.25) is 4.98 Å². The van der Waals surface area contributed by atoms with Gasteiger partial charge in [0.25, 0.3) is 0 Å². The molecule has 1 heterocycles. The molecule has 3 heteroatoms. The number of benzene rings is 4. The molecule has 0 saturated heterocycles. The first-order chi connectivity index (χ1) is 23.0. The number of rotatable bonds is 9. The van der Waals surface area contributed by atoms with Gasteiger partial charge in [0, 0.05) is 11.9 Å². The van der Waals surface area contributed by atoms with Crippen LogP contribution < -0.4 is 11.5 Å². The van der Waals surface area contributed by atoms with Crippen LogP contribution in [0.5, 0.6) is 0 Å². The van der Waals surface area contributed by atoms with Crippen molar-refractivity contribution in [2.75, 3.05) is 0 Å². The second kappa shape index (κ2) is 15.7. The van der Waals surface area contributed by atoms with Crippen molar-refractivity contribution >= 4 is 11.3 Å². The molecule has 0 unspecified atom stereocenters. The Labute approximate surface area is 280 Å². The monoisotopic (exact) mass is 615 g/mol. The molecule has 0 atom stereocenters. The molecule has 3 nitrogen and oxygen atoms in total. The molecule has 0 radical (unpaired) electrons. The van der Waals surface area contributed by atoms with Gasteiger partial charge in [0.05, 0.1) is 11.1 Å². The van der Waals surface area contributed by atoms with Crippen LogP contribution in [0.4, 0.5) is 0 Å². The molecule has 5 aromatic rings. The molecule has 0 spiro atoms. The summed E-state index contributed by atoms with van der Waals surface area (Å²) in [5.74, 6) is 0. The molecule has 236 valence electrons. The zero-order chi connectivity index (χ0) is 33.1. The lowest BCUT2D eigenvalue weighted by molar-refractivity contribution is 0.768. The number of nitrogens with two attached hydrogens (primary N) is 2. The van der Waals surface area contributed by atoms with Gasteiger partial charge in [-0.25, -0.2) is 0 Å². The van der Waals surface area contributed by atoms with E-state index in [1.54, 1.807) is 0 Å². The van der Waals surface area contributed by atoms with Gasteiger partial charge < -0.3 is 11.5 Å². The van der Waals surface area contributed by atoms with Gasteiger partial charge in [0.1, 0.15) is 0 Å². The van der Waals surface area contributed by atoms with Gasteiger partial charge in [0.15, 0.2) is 0 Å². The summed E-state index contributed by atoms with van der Waals surface area (Å²) < 4.78 is 0. The van der Waals surface area contributed by atoms with Crippen molar-refractivity contribution in [1.29, 1.82) is 0 Å². The van der Waals surface area contributed by atoms with Crippen molar-refractivity contribution < 1.29 is 0 Å². The van der Waals surface area contributed by atoms with Crippen LogP contribution >= 0.6 is 0 Å². The van der Waals surface area contributed by atoms with Crippen LogP contribution in [0.25, 0.3) is 22.4 Å². The first kappa shape index (κ1) is 33.0. The van der Waals surface area contributed by atoms with Gasteiger partial charge >= 0.3 is 0 Å². The summed E-state index contributed by atoms with van der Waals surface area (Å²) in [5.41, 5.74) is 24.6. The maximum atomic E-state index is 6.43. The molecule has 1 aromatic heterocycles. The van der Waals surface area contributed by atoms with E-state index in [4.69, 9.17) is 11.5 Å². The number of hydrogen-bond donors (Lipinski definition) is 2. The Morgan fingerprint density at radius 3 is 1.87 bits per heavy atom. The van der Waals surface area contributed by atoms with E-state index >= 15 is 0 Å². The van der Waals surface area contributed by atoms with Crippen LogP contribution in [0.1, 0.15) is 73.5 Å². The van der Waals surface area contributed by atoms with E-state index in [0.29, 0.717) is 0 Å². The number of fused-ring (bicyclic) bond motifs is 3. The SMILES string of the molecule is C/C(=C\CC/C=C\C=C/N)c1ccccn1.CC/C(C)=C(/N)c1ccc(C2(c3ccccc3)c3ccccc3-c3ccccc32)cc1. The lowest BCUT2D eigenvalue weighted by Gasteiger charge is -2.34. The first-order valence-electron chi connectivity index (χ1n) is 16.4. The Morgan fingerprint density at radius 2 is 1.28 bits per heavy atom. The number of aromatic nitrogens is 1. The quantitative estimate of drug-likeness (QED) is 0.126. The lowest BCUT2D eigenvalue weighted by Crippen LogP contribution is -2.28. The summed E-state index contributed by atoms with van der Waals surface area (Å²) in [6.07, 6.45) is 14.5. The molecule has 6 rings (SSSR count). The van der Waals surface area contributed by atoms with Crippen LogP contribution in [-0.4, -0.2) is 4.98 Å². The summed E-state index contributed by atoms with van der Waals surface area (Å²) in [6.45, 7) is 6.34. The van der Waals surface area contributed by atoms with E-state index in [-0.39, 0.29) is 5.41 Å². The van der Waals surface area contributed by atoms with Crippen molar-refractivity contribution in [3.8, 4) is 11.1 Å². The van der Waals surface area contributed by atoms with Crippen molar-refractivity contribution in [1.82, 2.24) is 4.98 Å². The maximum absolute atomic E-state index is 6.43. The predicted octanol–water partition coefficient (Wildman–Crippen LogP) is 10.4. The van der Waals surface area contributed by atoms with E-state index in [2.05, 4.69) is 141 Å². The third-order valence-electron chi connectivity index (χ3n) is 8.99. The van der Waals surface area contributed by atoms with Crippen molar-refractivity contribution in [3.63, 3.8) is 0 Å². The number of unbranched alkanes of at least 4 members (excludes halogenated alkanes) is 1. The van der Waals surface area contributed by atoms with Gasteiger partial charge in [0.2, 0.25) is 0 Å². The fraction of sp³-hybridized carbons (Fsp3) is 0.159. The number of nitrogens with zero attached hydrogens (tertiary/aromatic N) is 1. The summed E-state index contributed by atoms with van der Waals surface area (Å²) >= 11 is 0. The topological polar surface area (TPSA) is 64.9 Å². The van der Waals surface area contributed by atoms with E-state index in [9.17, 15) is 0 Å². The van der Waals surface area contributed by atoms with Crippen LogP contribution in [0, 0.1) is 0 Å². The van der Waals surface area contributed by atoms with Crippen molar-refractivity contribution in [2.24, 2.45) is 11.5 Å². The van der Waals surface area contributed by atoms with Crippen LogP contribution in [-0.2, 0) is 5.41 Å². The summed E-state index contributed by atoms with van der Waals surface area (Å²) in [7, 11) is 0. The average molecular weight is 616 g/mol. The van der Waals surface area contributed by atoms with Crippen molar-refractivity contribution in [2.45, 2.75) is 45.4 Å². The standard InChI is InChI=1S/C30H27N.C14H18N2/c1-3-21(2)29(31)22-17-19-24(20-18-22)30(23-11-5-4-6-12-23)27-15-9-7-13-25(27)26-14-8-10-16-28(26)30;1-13(14-10-6-8-12-16-14)9-5-3-2-4-7-11-15/h4-20H,3,31H2,1-2H3;2,4,6-12H,3,5,15H2,1H3/b29-21+;4-2-,11-7-,13-9+. The van der Waals surface area contributed by atoms with Crippen LogP contribution in [0.15, 0.2) is 164 Å². The van der Waals surface area contributed by atoms with Gasteiger partial charge in [-0.05, 0) is 102 Å². The zero-order valence-electron chi connectivity index (χ0n) is 27.7. The van der Waals surface area contributed by atoms with Gasteiger partial charge in [-0.2, -0.15) is 0 Å². The van der Waals surface area contributed by atoms with Gasteiger partial charge in [-0.15, -0.1) is 0 Å². The van der Waals surface area contributed by atoms with E-state index in [1.807, 2.05) is 36.5 Å². The van der Waals surface area contributed by atoms with E-state index in [1.165, 1.54) is 50.7 Å². The third-order valence-corrected chi connectivity index (χ3v) is 8.99.